The van der Waals surface area contributed by atoms with Crippen LogP contribution in [-0.2, 0) is 4.74 Å². The van der Waals surface area contributed by atoms with Gasteiger partial charge in [-0.1, -0.05) is 0 Å². The van der Waals surface area contributed by atoms with E-state index in [4.69, 9.17) is 4.74 Å². The number of hydrogen-bond donors (Lipinski definition) is 1. The van der Waals surface area contributed by atoms with Gasteiger partial charge in [-0.2, -0.15) is 0 Å². The summed E-state index contributed by atoms with van der Waals surface area (Å²) in [5.74, 6) is 0. The molecule has 19 heavy (non-hydrogen) atoms. The summed E-state index contributed by atoms with van der Waals surface area (Å²) in [4.78, 5) is 5.18. The molecule has 0 aromatic rings. The van der Waals surface area contributed by atoms with E-state index in [2.05, 4.69) is 35.9 Å². The van der Waals surface area contributed by atoms with Gasteiger partial charge in [-0.15, -0.1) is 0 Å². The van der Waals surface area contributed by atoms with Crippen molar-refractivity contribution in [1.82, 2.24) is 15.1 Å². The first-order valence-electron chi connectivity index (χ1n) is 7.84. The summed E-state index contributed by atoms with van der Waals surface area (Å²) in [5, 5.41) is 3.68. The molecule has 4 nitrogen and oxygen atoms in total. The molecule has 0 saturated carbocycles. The Hall–Kier alpha value is -0.160. The van der Waals surface area contributed by atoms with E-state index in [0.717, 1.165) is 19.8 Å². The highest BCUT2D eigenvalue weighted by Gasteiger charge is 2.25. The Labute approximate surface area is 118 Å². The molecule has 112 valence electrons. The Balaban J connectivity index is 1.58. The Morgan fingerprint density at radius 1 is 1.05 bits per heavy atom. The second-order valence-electron chi connectivity index (χ2n) is 6.84. The molecular formula is C15H31N3O. The van der Waals surface area contributed by atoms with Crippen LogP contribution in [0, 0.1) is 0 Å². The van der Waals surface area contributed by atoms with Crippen molar-refractivity contribution in [3.8, 4) is 0 Å². The number of nitrogens with one attached hydrogen (secondary N) is 1. The van der Waals surface area contributed by atoms with Crippen LogP contribution in [0.5, 0.6) is 0 Å². The number of nitrogens with zero attached hydrogens (tertiary/aromatic N) is 2. The second kappa shape index (κ2) is 7.02. The molecule has 0 amide bonds. The van der Waals surface area contributed by atoms with Crippen LogP contribution in [-0.4, -0.2) is 73.9 Å². The molecule has 4 heteroatoms. The van der Waals surface area contributed by atoms with Crippen molar-refractivity contribution < 1.29 is 4.74 Å². The van der Waals surface area contributed by atoms with Crippen LogP contribution in [0.4, 0.5) is 0 Å². The first-order chi connectivity index (χ1) is 9.05. The van der Waals surface area contributed by atoms with Gasteiger partial charge >= 0.3 is 0 Å². The summed E-state index contributed by atoms with van der Waals surface area (Å²) in [7, 11) is 0. The van der Waals surface area contributed by atoms with Crippen LogP contribution in [0.3, 0.4) is 0 Å². The lowest BCUT2D eigenvalue weighted by Gasteiger charge is -2.42. The maximum Gasteiger partial charge on any atom is 0.0480 e. The minimum absolute atomic E-state index is 0.326. The van der Waals surface area contributed by atoms with Gasteiger partial charge in [0.05, 0.1) is 0 Å². The van der Waals surface area contributed by atoms with E-state index in [9.17, 15) is 0 Å². The largest absolute Gasteiger partial charge is 0.381 e. The molecule has 0 aliphatic carbocycles. The van der Waals surface area contributed by atoms with Gasteiger partial charge in [-0.25, -0.2) is 0 Å². The lowest BCUT2D eigenvalue weighted by Crippen LogP contribution is -2.54. The van der Waals surface area contributed by atoms with E-state index < -0.39 is 0 Å². The predicted octanol–water partition coefficient (Wildman–Crippen LogP) is 1.17. The maximum absolute atomic E-state index is 5.38. The quantitative estimate of drug-likeness (QED) is 0.829. The molecule has 0 atom stereocenters. The topological polar surface area (TPSA) is 27.7 Å². The first-order valence-corrected chi connectivity index (χ1v) is 7.84. The Bertz CT molecular complexity index is 251. The van der Waals surface area contributed by atoms with Crippen LogP contribution >= 0.6 is 0 Å². The van der Waals surface area contributed by atoms with E-state index in [1.165, 1.54) is 45.6 Å². The van der Waals surface area contributed by atoms with Crippen molar-refractivity contribution in [2.75, 3.05) is 52.5 Å². The third kappa shape index (κ3) is 5.03. The summed E-state index contributed by atoms with van der Waals surface area (Å²) in [6, 6.07) is 0.685. The fraction of sp³-hybridized carbons (Fsp3) is 1.00. The molecule has 2 rings (SSSR count). The van der Waals surface area contributed by atoms with Crippen molar-refractivity contribution >= 4 is 0 Å². The number of rotatable bonds is 4. The zero-order valence-corrected chi connectivity index (χ0v) is 13.0. The zero-order chi connectivity index (χ0) is 13.7. The average Bonchev–Trinajstić information content (AvgIpc) is 2.39. The molecule has 2 aliphatic heterocycles. The maximum atomic E-state index is 5.38. The minimum atomic E-state index is 0.326. The third-order valence-electron chi connectivity index (χ3n) is 4.40. The Kier molecular flexibility index (Phi) is 5.63. The van der Waals surface area contributed by atoms with Crippen molar-refractivity contribution in [1.29, 1.82) is 0 Å². The molecular weight excluding hydrogens is 238 g/mol. The lowest BCUT2D eigenvalue weighted by molar-refractivity contribution is 0.0589. The smallest absolute Gasteiger partial charge is 0.0480 e. The highest BCUT2D eigenvalue weighted by molar-refractivity contribution is 4.82. The highest BCUT2D eigenvalue weighted by atomic mass is 16.5. The molecule has 2 fully saturated rings. The van der Waals surface area contributed by atoms with Gasteiger partial charge in [0, 0.05) is 64.1 Å². The summed E-state index contributed by atoms with van der Waals surface area (Å²) in [6.07, 6.45) is 2.36. The monoisotopic (exact) mass is 269 g/mol. The van der Waals surface area contributed by atoms with Crippen LogP contribution in [0.1, 0.15) is 33.6 Å². The van der Waals surface area contributed by atoms with Crippen LogP contribution in [0.15, 0.2) is 0 Å². The summed E-state index contributed by atoms with van der Waals surface area (Å²) in [6.45, 7) is 16.0. The lowest BCUT2D eigenvalue weighted by atomic mass is 10.0. The van der Waals surface area contributed by atoms with Gasteiger partial charge in [0.15, 0.2) is 0 Å². The zero-order valence-electron chi connectivity index (χ0n) is 13.0. The van der Waals surface area contributed by atoms with Gasteiger partial charge in [0.2, 0.25) is 0 Å². The normalized spacial score (nSPS) is 24.8. The van der Waals surface area contributed by atoms with Gasteiger partial charge in [0.25, 0.3) is 0 Å². The fourth-order valence-electron chi connectivity index (χ4n) is 2.97. The van der Waals surface area contributed by atoms with Crippen molar-refractivity contribution in [3.63, 3.8) is 0 Å². The summed E-state index contributed by atoms with van der Waals surface area (Å²) >= 11 is 0. The van der Waals surface area contributed by atoms with Gasteiger partial charge < -0.3 is 10.1 Å². The molecule has 0 aromatic carbocycles. The van der Waals surface area contributed by atoms with Crippen molar-refractivity contribution in [2.45, 2.75) is 45.2 Å². The standard InChI is InChI=1S/C15H31N3O/c1-15(2,3)18-10-8-17(9-11-18)7-6-16-14-4-12-19-13-5-14/h14,16H,4-13H2,1-3H3. The Morgan fingerprint density at radius 2 is 1.68 bits per heavy atom. The van der Waals surface area contributed by atoms with Crippen molar-refractivity contribution in [2.24, 2.45) is 0 Å². The predicted molar refractivity (Wildman–Crippen MR) is 79.6 cm³/mol. The first kappa shape index (κ1) is 15.2. The van der Waals surface area contributed by atoms with Gasteiger partial charge in [0.1, 0.15) is 0 Å². The number of hydrogen-bond acceptors (Lipinski definition) is 4. The van der Waals surface area contributed by atoms with E-state index in [-0.39, 0.29) is 0 Å². The molecule has 2 aliphatic rings. The molecule has 0 bridgehead atoms. The van der Waals surface area contributed by atoms with Crippen LogP contribution in [0.25, 0.3) is 0 Å². The fourth-order valence-corrected chi connectivity index (χ4v) is 2.97. The van der Waals surface area contributed by atoms with Gasteiger partial charge in [-0.05, 0) is 33.6 Å². The molecule has 2 heterocycles. The molecule has 1 N–H and O–H groups in total. The van der Waals surface area contributed by atoms with Crippen LogP contribution in [0.2, 0.25) is 0 Å². The summed E-state index contributed by atoms with van der Waals surface area (Å²) in [5.41, 5.74) is 0.326. The highest BCUT2D eigenvalue weighted by Crippen LogP contribution is 2.15. The van der Waals surface area contributed by atoms with Crippen molar-refractivity contribution in [3.05, 3.63) is 0 Å². The number of piperazine rings is 1. The van der Waals surface area contributed by atoms with E-state index in [0.29, 0.717) is 11.6 Å². The average molecular weight is 269 g/mol. The van der Waals surface area contributed by atoms with E-state index >= 15 is 0 Å². The van der Waals surface area contributed by atoms with Crippen LogP contribution < -0.4 is 5.32 Å². The van der Waals surface area contributed by atoms with E-state index in [1.807, 2.05) is 0 Å². The minimum Gasteiger partial charge on any atom is -0.381 e. The number of ether oxygens (including phenoxy) is 1. The third-order valence-corrected chi connectivity index (χ3v) is 4.40. The Morgan fingerprint density at radius 3 is 2.26 bits per heavy atom. The molecule has 0 spiro atoms. The SMILES string of the molecule is CC(C)(C)N1CCN(CCNC2CCOCC2)CC1. The molecule has 0 unspecified atom stereocenters. The molecule has 2 saturated heterocycles. The van der Waals surface area contributed by atoms with Gasteiger partial charge in [-0.3, -0.25) is 9.80 Å². The van der Waals surface area contributed by atoms with E-state index in [1.54, 1.807) is 0 Å². The molecule has 0 radical (unpaired) electrons. The summed E-state index contributed by atoms with van der Waals surface area (Å²) < 4.78 is 5.38. The molecule has 0 aromatic heterocycles. The second-order valence-corrected chi connectivity index (χ2v) is 6.84.